The molecule has 2 rings (SSSR count). The summed E-state index contributed by atoms with van der Waals surface area (Å²) in [5, 5.41) is 0. The molecule has 0 bridgehead atoms. The Morgan fingerprint density at radius 3 is 2.56 bits per heavy atom. The highest BCUT2D eigenvalue weighted by Crippen LogP contribution is 2.28. The van der Waals surface area contributed by atoms with Crippen LogP contribution in [-0.2, 0) is 19.6 Å². The zero-order valence-corrected chi connectivity index (χ0v) is 21.6. The molecule has 0 spiro atoms. The van der Waals surface area contributed by atoms with Gasteiger partial charge in [0.25, 0.3) is 0 Å². The van der Waals surface area contributed by atoms with Crippen LogP contribution >= 0.6 is 15.9 Å². The Bertz CT molecular complexity index is 808. The van der Waals surface area contributed by atoms with Crippen LogP contribution in [-0.4, -0.2) is 27.0 Å². The van der Waals surface area contributed by atoms with Crippen molar-refractivity contribution in [3.8, 4) is 0 Å². The van der Waals surface area contributed by atoms with Crippen molar-refractivity contribution >= 4 is 31.9 Å². The Morgan fingerprint density at radius 2 is 1.81 bits per heavy atom. The molecule has 0 aliphatic heterocycles. The normalized spacial score (nSPS) is 18.9. The van der Waals surface area contributed by atoms with E-state index in [2.05, 4.69) is 39.7 Å². The summed E-state index contributed by atoms with van der Waals surface area (Å²) >= 11 is 3.33. The van der Waals surface area contributed by atoms with E-state index in [0.29, 0.717) is 23.8 Å². The molecule has 1 saturated carbocycles. The van der Waals surface area contributed by atoms with Gasteiger partial charge in [-0.2, -0.15) is 0 Å². The van der Waals surface area contributed by atoms with E-state index < -0.39 is 10.0 Å². The number of unbranched alkanes of at least 4 members (excludes halogenated alkanes) is 6. The molecule has 32 heavy (non-hydrogen) atoms. The number of benzene rings is 1. The second-order valence-electron chi connectivity index (χ2n) is 8.65. The molecule has 2 atom stereocenters. The average Bonchev–Trinajstić information content (AvgIpc) is 3.19. The third-order valence-electron chi connectivity index (χ3n) is 5.84. The molecule has 0 radical (unpaired) electrons. The monoisotopic (exact) mass is 527 g/mol. The van der Waals surface area contributed by atoms with Gasteiger partial charge >= 0.3 is 5.97 Å². The van der Waals surface area contributed by atoms with E-state index in [9.17, 15) is 13.2 Å². The van der Waals surface area contributed by atoms with Gasteiger partial charge in [-0.15, -0.1) is 0 Å². The molecule has 0 amide bonds. The third kappa shape index (κ3) is 10.6. The molecule has 5 nitrogen and oxygen atoms in total. The van der Waals surface area contributed by atoms with Crippen LogP contribution in [0.25, 0.3) is 0 Å². The number of carbonyl (C=O) groups is 1. The molecule has 1 aliphatic rings. The highest BCUT2D eigenvalue weighted by Gasteiger charge is 2.27. The van der Waals surface area contributed by atoms with Crippen LogP contribution in [0.1, 0.15) is 84.0 Å². The fraction of sp³-hybridized carbons (Fsp3) is 0.640. The molecule has 1 aromatic carbocycles. The molecule has 1 aliphatic carbocycles. The fourth-order valence-corrected chi connectivity index (χ4v) is 5.54. The fourth-order valence-electron chi connectivity index (χ4n) is 3.99. The Labute approximate surface area is 202 Å². The highest BCUT2D eigenvalue weighted by molar-refractivity contribution is 9.10. The van der Waals surface area contributed by atoms with E-state index >= 15 is 0 Å². The Hall–Kier alpha value is -1.18. The first-order valence-electron chi connectivity index (χ1n) is 12.0. The lowest BCUT2D eigenvalue weighted by Gasteiger charge is -2.13. The standard InChI is InChI=1S/C25H38BrNO4S/c1-2-3-4-5-6-10-19-31-25(28)12-9-7-8-11-21-13-16-23(20-21)27-32(29,30)24-17-14-22(26)15-18-24/h8,11,14-15,17-18,21,23,27H,2-7,9-10,12-13,16,19-20H2,1H3/b11-8-. The summed E-state index contributed by atoms with van der Waals surface area (Å²) in [5.74, 6) is 0.280. The molecule has 1 fully saturated rings. The largest absolute Gasteiger partial charge is 0.466 e. The van der Waals surface area contributed by atoms with Crippen LogP contribution in [0.5, 0.6) is 0 Å². The second kappa shape index (κ2) is 14.9. The molecular formula is C25H38BrNO4S. The smallest absolute Gasteiger partial charge is 0.305 e. The van der Waals surface area contributed by atoms with Gasteiger partial charge in [-0.3, -0.25) is 4.79 Å². The topological polar surface area (TPSA) is 72.5 Å². The predicted octanol–water partition coefficient (Wildman–Crippen LogP) is 6.53. The van der Waals surface area contributed by atoms with Crippen LogP contribution in [0.15, 0.2) is 45.8 Å². The van der Waals surface area contributed by atoms with Crippen molar-refractivity contribution in [2.75, 3.05) is 6.61 Å². The third-order valence-corrected chi connectivity index (χ3v) is 7.90. The van der Waals surface area contributed by atoms with Gasteiger partial charge in [0.1, 0.15) is 0 Å². The van der Waals surface area contributed by atoms with Gasteiger partial charge in [0.2, 0.25) is 10.0 Å². The van der Waals surface area contributed by atoms with Crippen LogP contribution in [0.3, 0.4) is 0 Å². The first-order valence-corrected chi connectivity index (χ1v) is 14.3. The van der Waals surface area contributed by atoms with E-state index in [4.69, 9.17) is 4.74 Å². The summed E-state index contributed by atoms with van der Waals surface area (Å²) in [7, 11) is -3.48. The predicted molar refractivity (Wildman–Crippen MR) is 133 cm³/mol. The number of carbonyl (C=O) groups excluding carboxylic acids is 1. The van der Waals surface area contributed by atoms with Crippen molar-refractivity contribution in [2.24, 2.45) is 5.92 Å². The van der Waals surface area contributed by atoms with E-state index in [1.54, 1.807) is 24.3 Å². The number of hydrogen-bond acceptors (Lipinski definition) is 4. The van der Waals surface area contributed by atoms with Crippen LogP contribution in [0.2, 0.25) is 0 Å². The van der Waals surface area contributed by atoms with Crippen molar-refractivity contribution in [2.45, 2.75) is 94.9 Å². The first-order chi connectivity index (χ1) is 15.4. The number of sulfonamides is 1. The molecule has 1 N–H and O–H groups in total. The summed E-state index contributed by atoms with van der Waals surface area (Å²) in [5.41, 5.74) is 0. The average molecular weight is 529 g/mol. The van der Waals surface area contributed by atoms with Gasteiger partial charge in [-0.25, -0.2) is 13.1 Å². The lowest BCUT2D eigenvalue weighted by molar-refractivity contribution is -0.143. The molecule has 2 unspecified atom stereocenters. The van der Waals surface area contributed by atoms with Crippen LogP contribution in [0.4, 0.5) is 0 Å². The van der Waals surface area contributed by atoms with Crippen molar-refractivity contribution < 1.29 is 17.9 Å². The minimum atomic E-state index is -3.48. The van der Waals surface area contributed by atoms with Crippen LogP contribution in [0, 0.1) is 5.92 Å². The second-order valence-corrected chi connectivity index (χ2v) is 11.3. The summed E-state index contributed by atoms with van der Waals surface area (Å²) in [6.45, 7) is 2.75. The molecule has 180 valence electrons. The molecular weight excluding hydrogens is 490 g/mol. The first kappa shape index (κ1) is 27.1. The van der Waals surface area contributed by atoms with Crippen molar-refractivity contribution in [1.29, 1.82) is 0 Å². The van der Waals surface area contributed by atoms with Gasteiger partial charge in [-0.1, -0.05) is 67.1 Å². The number of hydrogen-bond donors (Lipinski definition) is 1. The van der Waals surface area contributed by atoms with E-state index in [-0.39, 0.29) is 12.0 Å². The Balaban J connectivity index is 1.56. The summed E-state index contributed by atoms with van der Waals surface area (Å²) < 4.78 is 34.1. The number of esters is 1. The summed E-state index contributed by atoms with van der Waals surface area (Å²) in [6.07, 6.45) is 16.2. The molecule has 0 saturated heterocycles. The zero-order valence-electron chi connectivity index (χ0n) is 19.2. The van der Waals surface area contributed by atoms with Gasteiger partial charge in [0.15, 0.2) is 0 Å². The lowest BCUT2D eigenvalue weighted by atomic mass is 10.1. The maximum Gasteiger partial charge on any atom is 0.305 e. The van der Waals surface area contributed by atoms with E-state index in [0.717, 1.165) is 49.4 Å². The number of allylic oxidation sites excluding steroid dienone is 2. The van der Waals surface area contributed by atoms with Gasteiger partial charge in [-0.05, 0) is 68.7 Å². The number of nitrogens with one attached hydrogen (secondary N) is 1. The van der Waals surface area contributed by atoms with Gasteiger partial charge in [0.05, 0.1) is 11.5 Å². The molecule has 0 heterocycles. The van der Waals surface area contributed by atoms with Gasteiger partial charge in [0, 0.05) is 16.9 Å². The lowest BCUT2D eigenvalue weighted by Crippen LogP contribution is -2.32. The summed E-state index contributed by atoms with van der Waals surface area (Å²) in [4.78, 5) is 12.1. The number of ether oxygens (including phenoxy) is 1. The summed E-state index contributed by atoms with van der Waals surface area (Å²) in [6, 6.07) is 6.66. The van der Waals surface area contributed by atoms with E-state index in [1.165, 1.54) is 25.7 Å². The molecule has 7 heteroatoms. The minimum Gasteiger partial charge on any atom is -0.466 e. The van der Waals surface area contributed by atoms with Crippen LogP contribution < -0.4 is 4.72 Å². The quantitative estimate of drug-likeness (QED) is 0.160. The maximum absolute atomic E-state index is 12.5. The van der Waals surface area contributed by atoms with Crippen molar-refractivity contribution in [3.05, 3.63) is 40.9 Å². The maximum atomic E-state index is 12.5. The molecule has 0 aromatic heterocycles. The SMILES string of the molecule is CCCCCCCCOC(=O)CCC/C=C\C1CCC(NS(=O)(=O)c2ccc(Br)cc2)C1. The number of halogens is 1. The van der Waals surface area contributed by atoms with Gasteiger partial charge < -0.3 is 4.74 Å². The highest BCUT2D eigenvalue weighted by atomic mass is 79.9. The van der Waals surface area contributed by atoms with Crippen molar-refractivity contribution in [1.82, 2.24) is 4.72 Å². The van der Waals surface area contributed by atoms with E-state index in [1.807, 2.05) is 0 Å². The number of rotatable bonds is 15. The minimum absolute atomic E-state index is 0.0322. The molecule has 1 aromatic rings. The Kier molecular flexibility index (Phi) is 12.6. The Morgan fingerprint density at radius 1 is 1.09 bits per heavy atom. The zero-order chi connectivity index (χ0) is 23.2. The van der Waals surface area contributed by atoms with Crippen molar-refractivity contribution in [3.63, 3.8) is 0 Å².